The highest BCUT2D eigenvalue weighted by Gasteiger charge is 2.34. The van der Waals surface area contributed by atoms with Gasteiger partial charge in [0, 0.05) is 38.6 Å². The van der Waals surface area contributed by atoms with Gasteiger partial charge in [0.2, 0.25) is 11.8 Å². The van der Waals surface area contributed by atoms with Crippen LogP contribution in [0.15, 0.2) is 24.3 Å². The van der Waals surface area contributed by atoms with Crippen LogP contribution in [0.3, 0.4) is 0 Å². The summed E-state index contributed by atoms with van der Waals surface area (Å²) in [4.78, 5) is 40.0. The zero-order valence-electron chi connectivity index (χ0n) is 14.7. The summed E-state index contributed by atoms with van der Waals surface area (Å²) in [6.45, 7) is 3.03. The summed E-state index contributed by atoms with van der Waals surface area (Å²) in [5.41, 5.74) is 2.88. The van der Waals surface area contributed by atoms with Crippen LogP contribution in [0.25, 0.3) is 0 Å². The molecule has 138 valence electrons. The summed E-state index contributed by atoms with van der Waals surface area (Å²) in [6.07, 6.45) is 2.71. The summed E-state index contributed by atoms with van der Waals surface area (Å²) >= 11 is 0. The molecule has 1 aliphatic carbocycles. The van der Waals surface area contributed by atoms with Gasteiger partial charge in [0.1, 0.15) is 6.04 Å². The molecular weight excluding hydrogens is 332 g/mol. The molecule has 0 aromatic heterocycles. The lowest BCUT2D eigenvalue weighted by molar-refractivity contribution is -0.135. The van der Waals surface area contributed by atoms with Gasteiger partial charge in [-0.05, 0) is 30.4 Å². The monoisotopic (exact) mass is 356 g/mol. The average molecular weight is 356 g/mol. The van der Waals surface area contributed by atoms with Gasteiger partial charge in [-0.3, -0.25) is 19.8 Å². The number of carbonyl (C=O) groups is 3. The van der Waals surface area contributed by atoms with Crippen molar-refractivity contribution < 1.29 is 14.4 Å². The zero-order chi connectivity index (χ0) is 18.1. The molecule has 2 heterocycles. The Morgan fingerprint density at radius 3 is 2.31 bits per heavy atom. The minimum atomic E-state index is -0.608. The van der Waals surface area contributed by atoms with E-state index in [9.17, 15) is 14.4 Å². The number of nitrogens with one attached hydrogen (secondary N) is 2. The first-order valence-corrected chi connectivity index (χ1v) is 9.30. The van der Waals surface area contributed by atoms with Crippen LogP contribution in [0.4, 0.5) is 4.79 Å². The van der Waals surface area contributed by atoms with Crippen LogP contribution in [-0.4, -0.2) is 65.9 Å². The minimum Gasteiger partial charge on any atom is -0.338 e. The number of hydrogen-bond acceptors (Lipinski definition) is 4. The molecule has 4 amide bonds. The van der Waals surface area contributed by atoms with Crippen LogP contribution >= 0.6 is 0 Å². The molecule has 2 fully saturated rings. The maximum absolute atomic E-state index is 12.7. The van der Waals surface area contributed by atoms with E-state index in [-0.39, 0.29) is 18.2 Å². The Kier molecular flexibility index (Phi) is 4.63. The molecule has 2 N–H and O–H groups in total. The number of rotatable bonds is 2. The molecular formula is C19H24N4O3. The number of hydrogen-bond donors (Lipinski definition) is 2. The van der Waals surface area contributed by atoms with E-state index in [1.807, 2.05) is 4.90 Å². The normalized spacial score (nSPS) is 24.6. The van der Waals surface area contributed by atoms with Crippen molar-refractivity contribution in [2.75, 3.05) is 26.2 Å². The van der Waals surface area contributed by atoms with E-state index < -0.39 is 12.1 Å². The number of imide groups is 1. The van der Waals surface area contributed by atoms with Crippen molar-refractivity contribution in [1.29, 1.82) is 0 Å². The minimum absolute atomic E-state index is 0.0794. The van der Waals surface area contributed by atoms with Crippen LogP contribution in [0.5, 0.6) is 0 Å². The van der Waals surface area contributed by atoms with Gasteiger partial charge in [-0.1, -0.05) is 24.3 Å². The van der Waals surface area contributed by atoms with Crippen molar-refractivity contribution in [3.05, 3.63) is 35.4 Å². The molecule has 1 atom stereocenters. The molecule has 1 aromatic carbocycles. The highest BCUT2D eigenvalue weighted by molar-refractivity contribution is 5.98. The average Bonchev–Trinajstić information content (AvgIpc) is 3.01. The molecule has 3 aliphatic rings. The van der Waals surface area contributed by atoms with E-state index in [1.54, 1.807) is 0 Å². The first-order valence-electron chi connectivity index (χ1n) is 9.30. The highest BCUT2D eigenvalue weighted by Crippen LogP contribution is 2.26. The third-order valence-electron chi connectivity index (χ3n) is 5.69. The number of carbonyl (C=O) groups excluding carboxylic acids is 3. The van der Waals surface area contributed by atoms with Gasteiger partial charge in [-0.15, -0.1) is 0 Å². The van der Waals surface area contributed by atoms with E-state index >= 15 is 0 Å². The molecule has 0 unspecified atom stereocenters. The van der Waals surface area contributed by atoms with Crippen LogP contribution < -0.4 is 10.6 Å². The fourth-order valence-corrected chi connectivity index (χ4v) is 4.24. The molecule has 1 aromatic rings. The van der Waals surface area contributed by atoms with Crippen LogP contribution in [-0.2, 0) is 22.4 Å². The van der Waals surface area contributed by atoms with Gasteiger partial charge in [0.15, 0.2) is 0 Å². The van der Waals surface area contributed by atoms with Gasteiger partial charge < -0.3 is 10.2 Å². The van der Waals surface area contributed by atoms with E-state index in [0.717, 1.165) is 25.9 Å². The second kappa shape index (κ2) is 7.07. The van der Waals surface area contributed by atoms with Crippen molar-refractivity contribution >= 4 is 17.8 Å². The van der Waals surface area contributed by atoms with Crippen LogP contribution in [0.1, 0.15) is 24.0 Å². The van der Waals surface area contributed by atoms with Crippen molar-refractivity contribution in [3.8, 4) is 0 Å². The lowest BCUT2D eigenvalue weighted by Gasteiger charge is -2.39. The molecule has 0 spiro atoms. The van der Waals surface area contributed by atoms with Gasteiger partial charge >= 0.3 is 6.03 Å². The fourth-order valence-electron chi connectivity index (χ4n) is 4.24. The maximum atomic E-state index is 12.7. The molecule has 26 heavy (non-hydrogen) atoms. The van der Waals surface area contributed by atoms with Crippen molar-refractivity contribution in [1.82, 2.24) is 20.4 Å². The standard InChI is InChI=1S/C19H24N4O3/c24-17-6-5-16(20-19(26)21-17)18(25)23-9-7-22(8-10-23)15-11-13-3-1-2-4-14(13)12-15/h1-4,15-16H,5-12H2,(H2,20,21,24,26)/t16-/m1/s1. The summed E-state index contributed by atoms with van der Waals surface area (Å²) in [5, 5.41) is 4.82. The van der Waals surface area contributed by atoms with Crippen LogP contribution in [0, 0.1) is 0 Å². The Balaban J connectivity index is 1.32. The summed E-state index contributed by atoms with van der Waals surface area (Å²) in [7, 11) is 0. The summed E-state index contributed by atoms with van der Waals surface area (Å²) in [6, 6.07) is 7.94. The Labute approximate surface area is 152 Å². The van der Waals surface area contributed by atoms with Crippen LogP contribution in [0.2, 0.25) is 0 Å². The third-order valence-corrected chi connectivity index (χ3v) is 5.69. The van der Waals surface area contributed by atoms with Crippen molar-refractivity contribution in [3.63, 3.8) is 0 Å². The maximum Gasteiger partial charge on any atom is 0.322 e. The van der Waals surface area contributed by atoms with Gasteiger partial charge in [-0.2, -0.15) is 0 Å². The molecule has 7 nitrogen and oxygen atoms in total. The smallest absolute Gasteiger partial charge is 0.322 e. The molecule has 2 saturated heterocycles. The number of piperazine rings is 1. The number of nitrogens with zero attached hydrogens (tertiary/aromatic N) is 2. The number of benzene rings is 1. The first-order chi connectivity index (χ1) is 12.6. The van der Waals surface area contributed by atoms with Crippen molar-refractivity contribution in [2.45, 2.75) is 37.8 Å². The van der Waals surface area contributed by atoms with Gasteiger partial charge in [0.05, 0.1) is 0 Å². The highest BCUT2D eigenvalue weighted by atomic mass is 16.2. The first kappa shape index (κ1) is 17.0. The van der Waals surface area contributed by atoms with Crippen molar-refractivity contribution in [2.24, 2.45) is 0 Å². The summed E-state index contributed by atoms with van der Waals surface area (Å²) < 4.78 is 0. The molecule has 0 radical (unpaired) electrons. The predicted molar refractivity (Wildman–Crippen MR) is 95.5 cm³/mol. The zero-order valence-corrected chi connectivity index (χ0v) is 14.7. The predicted octanol–water partition coefficient (Wildman–Crippen LogP) is 0.286. The number of urea groups is 1. The molecule has 2 aliphatic heterocycles. The Morgan fingerprint density at radius 2 is 1.65 bits per heavy atom. The lowest BCUT2D eigenvalue weighted by Crippen LogP contribution is -2.56. The third kappa shape index (κ3) is 3.44. The Hall–Kier alpha value is -2.41. The number of amides is 4. The van der Waals surface area contributed by atoms with E-state index in [0.29, 0.717) is 25.6 Å². The quantitative estimate of drug-likeness (QED) is 0.798. The summed E-state index contributed by atoms with van der Waals surface area (Å²) in [5.74, 6) is -0.410. The molecule has 4 rings (SSSR count). The second-order valence-electron chi connectivity index (χ2n) is 7.30. The Bertz CT molecular complexity index is 702. The second-order valence-corrected chi connectivity index (χ2v) is 7.30. The molecule has 0 bridgehead atoms. The lowest BCUT2D eigenvalue weighted by atomic mass is 10.1. The van der Waals surface area contributed by atoms with E-state index in [2.05, 4.69) is 39.8 Å². The van der Waals surface area contributed by atoms with Gasteiger partial charge in [-0.25, -0.2) is 4.79 Å². The molecule has 7 heteroatoms. The largest absolute Gasteiger partial charge is 0.338 e. The SMILES string of the molecule is O=C1CC[C@H](C(=O)N2CCN(C3Cc4ccccc4C3)CC2)NC(=O)N1. The topological polar surface area (TPSA) is 81.8 Å². The Morgan fingerprint density at radius 1 is 1.00 bits per heavy atom. The van der Waals surface area contributed by atoms with Gasteiger partial charge in [0.25, 0.3) is 0 Å². The fraction of sp³-hybridized carbons (Fsp3) is 0.526. The van der Waals surface area contributed by atoms with E-state index in [1.165, 1.54) is 11.1 Å². The number of fused-ring (bicyclic) bond motifs is 1. The van der Waals surface area contributed by atoms with E-state index in [4.69, 9.17) is 0 Å². The molecule has 0 saturated carbocycles.